The molecule has 6 heteroatoms. The number of likely N-dealkylation sites (tertiary alicyclic amines) is 2. The Morgan fingerprint density at radius 1 is 1.17 bits per heavy atom. The largest absolute Gasteiger partial charge is 0.357 e. The van der Waals surface area contributed by atoms with Gasteiger partial charge in [0.15, 0.2) is 5.96 Å². The fraction of sp³-hybridized carbons (Fsp3) is 0.824. The fourth-order valence-corrected chi connectivity index (χ4v) is 3.57. The molecular weight excluding hydrogens is 292 g/mol. The van der Waals surface area contributed by atoms with Crippen molar-refractivity contribution < 1.29 is 9.59 Å². The average Bonchev–Trinajstić information content (AvgIpc) is 2.48. The van der Waals surface area contributed by atoms with E-state index in [1.807, 2.05) is 0 Å². The van der Waals surface area contributed by atoms with Gasteiger partial charge in [-0.3, -0.25) is 19.5 Å². The molecule has 0 aromatic heterocycles. The van der Waals surface area contributed by atoms with Gasteiger partial charge >= 0.3 is 0 Å². The molecule has 23 heavy (non-hydrogen) atoms. The van der Waals surface area contributed by atoms with Gasteiger partial charge in [-0.25, -0.2) is 0 Å². The summed E-state index contributed by atoms with van der Waals surface area (Å²) in [6.45, 7) is 10.3. The maximum absolute atomic E-state index is 11.8. The summed E-state index contributed by atoms with van der Waals surface area (Å²) < 4.78 is 0. The van der Waals surface area contributed by atoms with Gasteiger partial charge in [0.05, 0.1) is 6.54 Å². The lowest BCUT2D eigenvalue weighted by Crippen LogP contribution is -2.49. The van der Waals surface area contributed by atoms with Crippen LogP contribution in [0.1, 0.15) is 46.5 Å². The first-order valence-electron chi connectivity index (χ1n) is 8.87. The van der Waals surface area contributed by atoms with E-state index >= 15 is 0 Å². The second kappa shape index (κ2) is 8.31. The molecule has 2 rings (SSSR count). The smallest absolute Gasteiger partial charge is 0.229 e. The summed E-state index contributed by atoms with van der Waals surface area (Å²) in [5, 5.41) is 3.34. The summed E-state index contributed by atoms with van der Waals surface area (Å²) in [4.78, 5) is 32.0. The molecule has 0 spiro atoms. The lowest BCUT2D eigenvalue weighted by molar-refractivity contribution is -0.147. The van der Waals surface area contributed by atoms with Crippen LogP contribution in [-0.2, 0) is 9.59 Å². The number of amides is 2. The van der Waals surface area contributed by atoms with Crippen molar-refractivity contribution >= 4 is 17.8 Å². The van der Waals surface area contributed by atoms with Crippen LogP contribution < -0.4 is 5.32 Å². The summed E-state index contributed by atoms with van der Waals surface area (Å²) >= 11 is 0. The minimum absolute atomic E-state index is 0.0540. The molecule has 2 aliphatic rings. The molecule has 2 unspecified atom stereocenters. The molecule has 1 N–H and O–H groups in total. The van der Waals surface area contributed by atoms with E-state index in [0.29, 0.717) is 44.2 Å². The number of carbonyl (C=O) groups is 2. The highest BCUT2D eigenvalue weighted by molar-refractivity contribution is 5.97. The molecule has 2 aliphatic heterocycles. The zero-order valence-electron chi connectivity index (χ0n) is 14.7. The zero-order valence-corrected chi connectivity index (χ0v) is 14.7. The van der Waals surface area contributed by atoms with Gasteiger partial charge in [-0.2, -0.15) is 0 Å². The number of nitrogens with one attached hydrogen (secondary N) is 1. The summed E-state index contributed by atoms with van der Waals surface area (Å²) in [7, 11) is 0. The third-order valence-corrected chi connectivity index (χ3v) is 4.47. The number of piperidine rings is 2. The lowest BCUT2D eigenvalue weighted by Gasteiger charge is -2.37. The number of hydrogen-bond donors (Lipinski definition) is 1. The second-order valence-corrected chi connectivity index (χ2v) is 6.88. The van der Waals surface area contributed by atoms with Crippen LogP contribution in [-0.4, -0.2) is 60.3 Å². The van der Waals surface area contributed by atoms with E-state index in [4.69, 9.17) is 0 Å². The SMILES string of the molecule is CCNC(=NCCN1C(=O)CCCC1=O)N1CC(C)CC(C)C1. The van der Waals surface area contributed by atoms with Gasteiger partial charge in [0, 0.05) is 39.0 Å². The zero-order chi connectivity index (χ0) is 16.8. The highest BCUT2D eigenvalue weighted by Gasteiger charge is 2.26. The van der Waals surface area contributed by atoms with Crippen molar-refractivity contribution in [3.8, 4) is 0 Å². The van der Waals surface area contributed by atoms with Crippen molar-refractivity contribution in [1.82, 2.24) is 15.1 Å². The number of hydrogen-bond acceptors (Lipinski definition) is 3. The Balaban J connectivity index is 1.95. The van der Waals surface area contributed by atoms with Gasteiger partial charge in [0.2, 0.25) is 11.8 Å². The van der Waals surface area contributed by atoms with Gasteiger partial charge in [0.1, 0.15) is 0 Å². The predicted octanol–water partition coefficient (Wildman–Crippen LogP) is 1.47. The Labute approximate surface area is 139 Å². The Morgan fingerprint density at radius 2 is 1.78 bits per heavy atom. The first kappa shape index (κ1) is 17.8. The van der Waals surface area contributed by atoms with Gasteiger partial charge < -0.3 is 10.2 Å². The van der Waals surface area contributed by atoms with Gasteiger partial charge in [0.25, 0.3) is 0 Å². The summed E-state index contributed by atoms with van der Waals surface area (Å²) in [6, 6.07) is 0. The van der Waals surface area contributed by atoms with Crippen LogP contribution in [0.2, 0.25) is 0 Å². The number of carbonyl (C=O) groups excluding carboxylic acids is 2. The molecule has 2 saturated heterocycles. The quantitative estimate of drug-likeness (QED) is 0.484. The van der Waals surface area contributed by atoms with Gasteiger partial charge in [-0.05, 0) is 31.6 Å². The predicted molar refractivity (Wildman–Crippen MR) is 91.1 cm³/mol. The average molecular weight is 322 g/mol. The van der Waals surface area contributed by atoms with Gasteiger partial charge in [-0.1, -0.05) is 13.8 Å². The summed E-state index contributed by atoms with van der Waals surface area (Å²) in [6.07, 6.45) is 2.91. The molecule has 6 nitrogen and oxygen atoms in total. The van der Waals surface area contributed by atoms with Crippen molar-refractivity contribution in [2.24, 2.45) is 16.8 Å². The van der Waals surface area contributed by atoms with Crippen molar-refractivity contribution in [1.29, 1.82) is 0 Å². The first-order chi connectivity index (χ1) is 11.0. The molecule has 2 amide bonds. The Kier molecular flexibility index (Phi) is 6.42. The molecule has 0 bridgehead atoms. The third kappa shape index (κ3) is 4.94. The Hall–Kier alpha value is -1.59. The maximum Gasteiger partial charge on any atom is 0.229 e. The van der Waals surface area contributed by atoms with Crippen LogP contribution in [0.4, 0.5) is 0 Å². The summed E-state index contributed by atoms with van der Waals surface area (Å²) in [5.74, 6) is 2.12. The highest BCUT2D eigenvalue weighted by Crippen LogP contribution is 2.21. The third-order valence-electron chi connectivity index (χ3n) is 4.47. The van der Waals surface area contributed by atoms with E-state index in [1.165, 1.54) is 11.3 Å². The normalized spacial score (nSPS) is 26.7. The highest BCUT2D eigenvalue weighted by atomic mass is 16.2. The van der Waals surface area contributed by atoms with Crippen molar-refractivity contribution in [3.05, 3.63) is 0 Å². The standard InChI is InChI=1S/C17H30N4O2/c1-4-18-17(20-11-13(2)10-14(3)12-20)19-8-9-21-15(22)6-5-7-16(21)23/h13-14H,4-12H2,1-3H3,(H,18,19). The van der Waals surface area contributed by atoms with E-state index in [0.717, 1.165) is 25.6 Å². The molecule has 130 valence electrons. The molecule has 0 aliphatic carbocycles. The molecule has 0 aromatic carbocycles. The number of aliphatic imine (C=N–C) groups is 1. The van der Waals surface area contributed by atoms with E-state index in [-0.39, 0.29) is 11.8 Å². The minimum atomic E-state index is -0.0540. The van der Waals surface area contributed by atoms with Crippen LogP contribution in [0.25, 0.3) is 0 Å². The van der Waals surface area contributed by atoms with E-state index in [2.05, 4.69) is 36.0 Å². The summed E-state index contributed by atoms with van der Waals surface area (Å²) in [5.41, 5.74) is 0. The number of imide groups is 1. The van der Waals surface area contributed by atoms with E-state index in [1.54, 1.807) is 0 Å². The van der Waals surface area contributed by atoms with Crippen molar-refractivity contribution in [2.75, 3.05) is 32.7 Å². The van der Waals surface area contributed by atoms with Crippen LogP contribution >= 0.6 is 0 Å². The van der Waals surface area contributed by atoms with E-state index in [9.17, 15) is 9.59 Å². The molecule has 0 saturated carbocycles. The molecule has 2 heterocycles. The van der Waals surface area contributed by atoms with Crippen molar-refractivity contribution in [3.63, 3.8) is 0 Å². The maximum atomic E-state index is 11.8. The molecule has 0 aromatic rings. The molecule has 2 atom stereocenters. The first-order valence-corrected chi connectivity index (χ1v) is 8.87. The van der Waals surface area contributed by atoms with Crippen molar-refractivity contribution in [2.45, 2.75) is 46.5 Å². The second-order valence-electron chi connectivity index (χ2n) is 6.88. The Bertz CT molecular complexity index is 438. The molecule has 0 radical (unpaired) electrons. The number of rotatable bonds is 4. The van der Waals surface area contributed by atoms with Crippen LogP contribution in [0.15, 0.2) is 4.99 Å². The van der Waals surface area contributed by atoms with E-state index < -0.39 is 0 Å². The lowest BCUT2D eigenvalue weighted by atomic mass is 9.92. The topological polar surface area (TPSA) is 65.0 Å². The fourth-order valence-electron chi connectivity index (χ4n) is 3.57. The number of guanidine groups is 1. The van der Waals surface area contributed by atoms with Gasteiger partial charge in [-0.15, -0.1) is 0 Å². The monoisotopic (exact) mass is 322 g/mol. The number of nitrogens with zero attached hydrogens (tertiary/aromatic N) is 3. The molecular formula is C17H30N4O2. The Morgan fingerprint density at radius 3 is 2.35 bits per heavy atom. The van der Waals surface area contributed by atoms with Crippen LogP contribution in [0, 0.1) is 11.8 Å². The minimum Gasteiger partial charge on any atom is -0.357 e. The molecule has 2 fully saturated rings. The van der Waals surface area contributed by atoms with Crippen LogP contribution in [0.5, 0.6) is 0 Å². The van der Waals surface area contributed by atoms with Crippen LogP contribution in [0.3, 0.4) is 0 Å².